The number of aryl methyl sites for hydroxylation is 1. The van der Waals surface area contributed by atoms with Crippen molar-refractivity contribution in [3.8, 4) is 0 Å². The van der Waals surface area contributed by atoms with Crippen molar-refractivity contribution < 1.29 is 4.74 Å². The Hall–Kier alpha value is -1.64. The minimum absolute atomic E-state index is 0.0603. The molecule has 0 heterocycles. The van der Waals surface area contributed by atoms with E-state index in [1.165, 1.54) is 11.1 Å². The van der Waals surface area contributed by atoms with Crippen LogP contribution in [0.2, 0.25) is 0 Å². The van der Waals surface area contributed by atoms with Gasteiger partial charge in [-0.05, 0) is 23.6 Å². The summed E-state index contributed by atoms with van der Waals surface area (Å²) < 4.78 is 5.67. The van der Waals surface area contributed by atoms with Gasteiger partial charge in [0.2, 0.25) is 0 Å². The second-order valence-electron chi connectivity index (χ2n) is 4.46. The molecule has 2 rings (SSSR count). The molecule has 0 radical (unpaired) electrons. The maximum Gasteiger partial charge on any atom is 0.0717 e. The maximum atomic E-state index is 6.13. The van der Waals surface area contributed by atoms with Gasteiger partial charge in [0.15, 0.2) is 0 Å². The largest absolute Gasteiger partial charge is 0.375 e. The number of rotatable bonds is 5. The van der Waals surface area contributed by atoms with Crippen LogP contribution in [0.25, 0.3) is 0 Å². The van der Waals surface area contributed by atoms with Crippen molar-refractivity contribution in [3.05, 3.63) is 71.3 Å². The molecule has 0 fully saturated rings. The highest BCUT2D eigenvalue weighted by Crippen LogP contribution is 2.15. The van der Waals surface area contributed by atoms with E-state index in [2.05, 4.69) is 31.2 Å². The molecule has 0 spiro atoms. The fraction of sp³-hybridized carbons (Fsp3) is 0.250. The first kappa shape index (κ1) is 12.8. The van der Waals surface area contributed by atoms with Crippen LogP contribution in [-0.4, -0.2) is 6.61 Å². The van der Waals surface area contributed by atoms with Crippen LogP contribution in [-0.2, 0) is 11.3 Å². The second kappa shape index (κ2) is 6.34. The first-order valence-electron chi connectivity index (χ1n) is 6.20. The first-order valence-corrected chi connectivity index (χ1v) is 6.20. The Morgan fingerprint density at radius 2 is 1.67 bits per heavy atom. The topological polar surface area (TPSA) is 35.2 Å². The van der Waals surface area contributed by atoms with Gasteiger partial charge < -0.3 is 10.5 Å². The molecule has 2 aromatic rings. The summed E-state index contributed by atoms with van der Waals surface area (Å²) in [6.07, 6.45) is 0. The summed E-state index contributed by atoms with van der Waals surface area (Å²) >= 11 is 0. The average molecular weight is 241 g/mol. The molecule has 0 bridgehead atoms. The summed E-state index contributed by atoms with van der Waals surface area (Å²) in [5, 5.41) is 0. The van der Waals surface area contributed by atoms with Crippen molar-refractivity contribution in [3.63, 3.8) is 0 Å². The van der Waals surface area contributed by atoms with E-state index in [9.17, 15) is 0 Å². The lowest BCUT2D eigenvalue weighted by Crippen LogP contribution is -2.18. The lowest BCUT2D eigenvalue weighted by Gasteiger charge is -2.15. The van der Waals surface area contributed by atoms with E-state index in [1.54, 1.807) is 0 Å². The Labute approximate surface area is 108 Å². The van der Waals surface area contributed by atoms with Gasteiger partial charge in [-0.2, -0.15) is 0 Å². The first-order chi connectivity index (χ1) is 8.77. The van der Waals surface area contributed by atoms with Gasteiger partial charge in [-0.25, -0.2) is 0 Å². The van der Waals surface area contributed by atoms with Crippen LogP contribution in [0.15, 0.2) is 54.6 Å². The predicted molar refractivity (Wildman–Crippen MR) is 74.2 cm³/mol. The molecule has 1 unspecified atom stereocenters. The molecule has 2 aromatic carbocycles. The van der Waals surface area contributed by atoms with Gasteiger partial charge in [-0.1, -0.05) is 54.6 Å². The van der Waals surface area contributed by atoms with Gasteiger partial charge in [0.25, 0.3) is 0 Å². The quantitative estimate of drug-likeness (QED) is 0.872. The fourth-order valence-electron chi connectivity index (χ4n) is 1.97. The van der Waals surface area contributed by atoms with E-state index < -0.39 is 0 Å². The lowest BCUT2D eigenvalue weighted by molar-refractivity contribution is 0.108. The molecule has 94 valence electrons. The van der Waals surface area contributed by atoms with Gasteiger partial charge >= 0.3 is 0 Å². The normalized spacial score (nSPS) is 12.3. The van der Waals surface area contributed by atoms with Crippen LogP contribution >= 0.6 is 0 Å². The van der Waals surface area contributed by atoms with Crippen molar-refractivity contribution in [2.75, 3.05) is 6.61 Å². The molecule has 0 amide bonds. The standard InChI is InChI=1S/C16H19NO/c1-13-7-5-6-10-15(13)16(17)12-18-11-14-8-3-2-4-9-14/h2-10,16H,11-12,17H2,1H3. The average Bonchev–Trinajstić information content (AvgIpc) is 2.40. The Bertz CT molecular complexity index is 481. The van der Waals surface area contributed by atoms with Crippen molar-refractivity contribution in [2.45, 2.75) is 19.6 Å². The molecular formula is C16H19NO. The van der Waals surface area contributed by atoms with Crippen molar-refractivity contribution >= 4 is 0 Å². The zero-order valence-corrected chi connectivity index (χ0v) is 10.7. The third-order valence-electron chi connectivity index (χ3n) is 3.00. The van der Waals surface area contributed by atoms with Gasteiger partial charge in [0, 0.05) is 0 Å². The third-order valence-corrected chi connectivity index (χ3v) is 3.00. The Morgan fingerprint density at radius 1 is 1.00 bits per heavy atom. The summed E-state index contributed by atoms with van der Waals surface area (Å²) in [6.45, 7) is 3.23. The van der Waals surface area contributed by atoms with Crippen molar-refractivity contribution in [1.29, 1.82) is 0 Å². The van der Waals surface area contributed by atoms with Crippen molar-refractivity contribution in [2.24, 2.45) is 5.73 Å². The second-order valence-corrected chi connectivity index (χ2v) is 4.46. The molecule has 0 aliphatic carbocycles. The molecule has 0 saturated carbocycles. The lowest BCUT2D eigenvalue weighted by atomic mass is 10.0. The van der Waals surface area contributed by atoms with E-state index in [0.717, 1.165) is 5.56 Å². The van der Waals surface area contributed by atoms with Gasteiger partial charge in [-0.3, -0.25) is 0 Å². The molecule has 2 nitrogen and oxygen atoms in total. The minimum atomic E-state index is -0.0603. The Balaban J connectivity index is 1.86. The molecule has 0 saturated heterocycles. The van der Waals surface area contributed by atoms with Gasteiger partial charge in [0.05, 0.1) is 19.3 Å². The van der Waals surface area contributed by atoms with Crippen LogP contribution in [0.5, 0.6) is 0 Å². The number of hydrogen-bond acceptors (Lipinski definition) is 2. The fourth-order valence-corrected chi connectivity index (χ4v) is 1.97. The summed E-state index contributed by atoms with van der Waals surface area (Å²) in [7, 11) is 0. The van der Waals surface area contributed by atoms with E-state index in [0.29, 0.717) is 13.2 Å². The van der Waals surface area contributed by atoms with Crippen LogP contribution in [0, 0.1) is 6.92 Å². The summed E-state index contributed by atoms with van der Waals surface area (Å²) in [6, 6.07) is 18.3. The monoisotopic (exact) mass is 241 g/mol. The van der Waals surface area contributed by atoms with Crippen LogP contribution in [0.3, 0.4) is 0 Å². The molecular weight excluding hydrogens is 222 g/mol. The highest BCUT2D eigenvalue weighted by atomic mass is 16.5. The van der Waals surface area contributed by atoms with Crippen LogP contribution in [0.4, 0.5) is 0 Å². The predicted octanol–water partition coefficient (Wildman–Crippen LogP) is 3.21. The van der Waals surface area contributed by atoms with Crippen molar-refractivity contribution in [1.82, 2.24) is 0 Å². The molecule has 0 aliphatic rings. The molecule has 1 atom stereocenters. The van der Waals surface area contributed by atoms with E-state index in [1.807, 2.05) is 30.3 Å². The van der Waals surface area contributed by atoms with Gasteiger partial charge in [-0.15, -0.1) is 0 Å². The zero-order chi connectivity index (χ0) is 12.8. The molecule has 0 aromatic heterocycles. The summed E-state index contributed by atoms with van der Waals surface area (Å²) in [5.74, 6) is 0. The highest BCUT2D eigenvalue weighted by Gasteiger charge is 2.08. The molecule has 2 N–H and O–H groups in total. The van der Waals surface area contributed by atoms with E-state index >= 15 is 0 Å². The number of ether oxygens (including phenoxy) is 1. The number of nitrogens with two attached hydrogens (primary N) is 1. The van der Waals surface area contributed by atoms with Crippen LogP contribution in [0.1, 0.15) is 22.7 Å². The minimum Gasteiger partial charge on any atom is -0.375 e. The SMILES string of the molecule is Cc1ccccc1C(N)COCc1ccccc1. The summed E-state index contributed by atoms with van der Waals surface area (Å²) in [4.78, 5) is 0. The number of benzene rings is 2. The molecule has 2 heteroatoms. The zero-order valence-electron chi connectivity index (χ0n) is 10.7. The Kier molecular flexibility index (Phi) is 4.51. The molecule has 18 heavy (non-hydrogen) atoms. The van der Waals surface area contributed by atoms with Gasteiger partial charge in [0.1, 0.15) is 0 Å². The molecule has 0 aliphatic heterocycles. The third kappa shape index (κ3) is 3.42. The highest BCUT2D eigenvalue weighted by molar-refractivity contribution is 5.28. The Morgan fingerprint density at radius 3 is 2.39 bits per heavy atom. The maximum absolute atomic E-state index is 6.13. The number of hydrogen-bond donors (Lipinski definition) is 1. The summed E-state index contributed by atoms with van der Waals surface area (Å²) in [5.41, 5.74) is 9.68. The smallest absolute Gasteiger partial charge is 0.0717 e. The van der Waals surface area contributed by atoms with Crippen LogP contribution < -0.4 is 5.73 Å². The van der Waals surface area contributed by atoms with E-state index in [-0.39, 0.29) is 6.04 Å². The van der Waals surface area contributed by atoms with E-state index in [4.69, 9.17) is 10.5 Å².